The first-order valence-electron chi connectivity index (χ1n) is 9.58. The van der Waals surface area contributed by atoms with Gasteiger partial charge in [0.2, 0.25) is 0 Å². The Morgan fingerprint density at radius 1 is 1.00 bits per heavy atom. The Labute approximate surface area is 185 Å². The lowest BCUT2D eigenvalue weighted by Crippen LogP contribution is -2.29. The lowest BCUT2D eigenvalue weighted by Gasteiger charge is -2.24. The second-order valence-corrected chi connectivity index (χ2v) is 7.13. The van der Waals surface area contributed by atoms with Crippen molar-refractivity contribution in [2.45, 2.75) is 12.6 Å². The zero-order chi connectivity index (χ0) is 23.7. The number of nitrogens with zero attached hydrogens (tertiary/aromatic N) is 3. The largest absolute Gasteiger partial charge is 0.507 e. The molecule has 2 heterocycles. The number of carbonyl (C=O) groups excluding carboxylic acids is 2. The maximum absolute atomic E-state index is 13.0. The highest BCUT2D eigenvalue weighted by atomic mass is 16.6. The third-order valence-corrected chi connectivity index (χ3v) is 5.20. The number of non-ortho nitro benzene ring substituents is 1. The highest BCUT2D eigenvalue weighted by molar-refractivity contribution is 6.46. The van der Waals surface area contributed by atoms with Crippen LogP contribution < -0.4 is 0 Å². The van der Waals surface area contributed by atoms with Gasteiger partial charge in [-0.25, -0.2) is 0 Å². The second kappa shape index (κ2) is 8.38. The zero-order valence-electron chi connectivity index (χ0n) is 16.8. The highest BCUT2D eigenvalue weighted by Crippen LogP contribution is 2.43. The van der Waals surface area contributed by atoms with E-state index in [1.165, 1.54) is 48.7 Å². The maximum atomic E-state index is 13.0. The molecular formula is C22H15N3O8. The SMILES string of the molecule is O=C1C(=O)N(Cc2ccco2)[C@@H](c2ccccc2[N+](=O)[O-])/C1=C(\O)c1cccc([N+](=O)[O-])c1. The summed E-state index contributed by atoms with van der Waals surface area (Å²) >= 11 is 0. The van der Waals surface area contributed by atoms with Crippen molar-refractivity contribution in [3.05, 3.63) is 110 Å². The average Bonchev–Trinajstić information content (AvgIpc) is 3.41. The molecule has 2 aromatic carbocycles. The molecule has 0 bridgehead atoms. The van der Waals surface area contributed by atoms with Crippen molar-refractivity contribution >= 4 is 28.8 Å². The molecule has 1 N–H and O–H groups in total. The van der Waals surface area contributed by atoms with Crippen molar-refractivity contribution in [1.29, 1.82) is 0 Å². The van der Waals surface area contributed by atoms with E-state index < -0.39 is 38.9 Å². The van der Waals surface area contributed by atoms with E-state index in [1.807, 2.05) is 0 Å². The van der Waals surface area contributed by atoms with Gasteiger partial charge in [0.25, 0.3) is 23.1 Å². The third-order valence-electron chi connectivity index (χ3n) is 5.20. The zero-order valence-corrected chi connectivity index (χ0v) is 16.8. The third kappa shape index (κ3) is 3.82. The van der Waals surface area contributed by atoms with Crippen molar-refractivity contribution in [2.75, 3.05) is 0 Å². The van der Waals surface area contributed by atoms with E-state index >= 15 is 0 Å². The van der Waals surface area contributed by atoms with Crippen LogP contribution in [-0.4, -0.2) is 31.5 Å². The van der Waals surface area contributed by atoms with E-state index in [4.69, 9.17) is 4.42 Å². The Bertz CT molecular complexity index is 1310. The number of nitro benzene ring substituents is 2. The molecule has 0 radical (unpaired) electrons. The van der Waals surface area contributed by atoms with Crippen LogP contribution in [0, 0.1) is 20.2 Å². The molecule has 11 heteroatoms. The molecule has 1 aliphatic heterocycles. The number of benzene rings is 2. The molecule has 1 amide bonds. The fourth-order valence-corrected chi connectivity index (χ4v) is 3.74. The number of rotatable bonds is 6. The monoisotopic (exact) mass is 449 g/mol. The predicted octanol–water partition coefficient (Wildman–Crippen LogP) is 3.72. The summed E-state index contributed by atoms with van der Waals surface area (Å²) in [4.78, 5) is 48.5. The van der Waals surface area contributed by atoms with Crippen molar-refractivity contribution in [3.8, 4) is 0 Å². The van der Waals surface area contributed by atoms with Crippen LogP contribution in [0.3, 0.4) is 0 Å². The topological polar surface area (TPSA) is 157 Å². The van der Waals surface area contributed by atoms with Crippen LogP contribution in [0.2, 0.25) is 0 Å². The van der Waals surface area contributed by atoms with Gasteiger partial charge in [-0.1, -0.05) is 24.3 Å². The van der Waals surface area contributed by atoms with Crippen LogP contribution in [0.15, 0.2) is 76.9 Å². The fraction of sp³-hybridized carbons (Fsp3) is 0.0909. The number of furan rings is 1. The molecule has 1 saturated heterocycles. The van der Waals surface area contributed by atoms with Gasteiger partial charge in [-0.15, -0.1) is 0 Å². The number of carbonyl (C=O) groups is 2. The summed E-state index contributed by atoms with van der Waals surface area (Å²) < 4.78 is 5.27. The minimum Gasteiger partial charge on any atom is -0.507 e. The van der Waals surface area contributed by atoms with Crippen molar-refractivity contribution < 1.29 is 29.0 Å². The van der Waals surface area contributed by atoms with Gasteiger partial charge in [-0.05, 0) is 18.2 Å². The first-order chi connectivity index (χ1) is 15.8. The molecule has 0 saturated carbocycles. The smallest absolute Gasteiger partial charge is 0.296 e. The van der Waals surface area contributed by atoms with E-state index in [-0.39, 0.29) is 29.0 Å². The van der Waals surface area contributed by atoms with Crippen LogP contribution in [0.1, 0.15) is 22.9 Å². The molecule has 3 aromatic rings. The standard InChI is InChI=1S/C22H15N3O8/c26-20(13-5-3-6-14(11-13)24(29)30)18-19(16-8-1-2-9-17(16)25(31)32)23(22(28)21(18)27)12-15-7-4-10-33-15/h1-11,19,26H,12H2/b20-18+/t19-/m0/s1. The minimum atomic E-state index is -1.32. The van der Waals surface area contributed by atoms with Crippen LogP contribution in [0.4, 0.5) is 11.4 Å². The lowest BCUT2D eigenvalue weighted by atomic mass is 9.94. The predicted molar refractivity (Wildman–Crippen MR) is 113 cm³/mol. The number of para-hydroxylation sites is 1. The molecule has 1 aliphatic rings. The van der Waals surface area contributed by atoms with E-state index in [1.54, 1.807) is 12.1 Å². The summed E-state index contributed by atoms with van der Waals surface area (Å²) in [7, 11) is 0. The number of aliphatic hydroxyl groups is 1. The Morgan fingerprint density at radius 3 is 2.42 bits per heavy atom. The summed E-state index contributed by atoms with van der Waals surface area (Å²) in [5.41, 5.74) is -1.20. The number of ketones is 1. The number of likely N-dealkylation sites (tertiary alicyclic amines) is 1. The maximum Gasteiger partial charge on any atom is 0.296 e. The molecule has 0 unspecified atom stereocenters. The van der Waals surface area contributed by atoms with Gasteiger partial charge in [0.15, 0.2) is 0 Å². The second-order valence-electron chi connectivity index (χ2n) is 7.13. The van der Waals surface area contributed by atoms with Gasteiger partial charge in [0.1, 0.15) is 11.5 Å². The van der Waals surface area contributed by atoms with E-state index in [0.29, 0.717) is 5.76 Å². The van der Waals surface area contributed by atoms with Crippen LogP contribution in [0.5, 0.6) is 0 Å². The van der Waals surface area contributed by atoms with E-state index in [9.17, 15) is 34.9 Å². The van der Waals surface area contributed by atoms with Gasteiger partial charge in [-0.2, -0.15) is 0 Å². The highest BCUT2D eigenvalue weighted by Gasteiger charge is 2.48. The van der Waals surface area contributed by atoms with Crippen LogP contribution in [0.25, 0.3) is 5.76 Å². The van der Waals surface area contributed by atoms with Crippen LogP contribution in [-0.2, 0) is 16.1 Å². The van der Waals surface area contributed by atoms with Crippen molar-refractivity contribution in [2.24, 2.45) is 0 Å². The lowest BCUT2D eigenvalue weighted by molar-refractivity contribution is -0.385. The number of amides is 1. The number of aliphatic hydroxyl groups excluding tert-OH is 1. The van der Waals surface area contributed by atoms with Gasteiger partial charge < -0.3 is 14.4 Å². The summed E-state index contributed by atoms with van der Waals surface area (Å²) in [6, 6.07) is 12.2. The van der Waals surface area contributed by atoms with E-state index in [0.717, 1.165) is 11.0 Å². The molecular weight excluding hydrogens is 434 g/mol. The quantitative estimate of drug-likeness (QED) is 0.196. The Kier molecular flexibility index (Phi) is 5.44. The van der Waals surface area contributed by atoms with Crippen LogP contribution >= 0.6 is 0 Å². The fourth-order valence-electron chi connectivity index (χ4n) is 3.74. The first kappa shape index (κ1) is 21.4. The summed E-state index contributed by atoms with van der Waals surface area (Å²) in [5.74, 6) is -2.44. The van der Waals surface area contributed by atoms with Gasteiger partial charge >= 0.3 is 0 Å². The molecule has 11 nitrogen and oxygen atoms in total. The number of hydrogen-bond acceptors (Lipinski definition) is 8. The van der Waals surface area contributed by atoms with Gasteiger partial charge in [0.05, 0.1) is 39.8 Å². The normalized spacial score (nSPS) is 17.3. The number of Topliss-reactive ketones (excluding diaryl/α,β-unsaturated/α-hetero) is 1. The Hall–Kier alpha value is -4.80. The van der Waals surface area contributed by atoms with Gasteiger partial charge in [0, 0.05) is 23.8 Å². The summed E-state index contributed by atoms with van der Waals surface area (Å²) in [6.45, 7) is -0.194. The molecule has 0 aliphatic carbocycles. The molecule has 1 atom stereocenters. The number of hydrogen-bond donors (Lipinski definition) is 1. The first-order valence-corrected chi connectivity index (χ1v) is 9.58. The Morgan fingerprint density at radius 2 is 1.76 bits per heavy atom. The average molecular weight is 449 g/mol. The molecule has 1 fully saturated rings. The molecule has 166 valence electrons. The summed E-state index contributed by atoms with van der Waals surface area (Å²) in [5, 5.41) is 33.8. The Balaban J connectivity index is 1.94. The molecule has 4 rings (SSSR count). The van der Waals surface area contributed by atoms with Crippen molar-refractivity contribution in [1.82, 2.24) is 4.90 Å². The molecule has 0 spiro atoms. The van der Waals surface area contributed by atoms with E-state index in [2.05, 4.69) is 0 Å². The summed E-state index contributed by atoms with van der Waals surface area (Å²) in [6.07, 6.45) is 1.37. The number of nitro groups is 2. The van der Waals surface area contributed by atoms with Gasteiger partial charge in [-0.3, -0.25) is 29.8 Å². The molecule has 33 heavy (non-hydrogen) atoms. The van der Waals surface area contributed by atoms with Crippen molar-refractivity contribution in [3.63, 3.8) is 0 Å². The minimum absolute atomic E-state index is 0.000219. The molecule has 1 aromatic heterocycles.